The Balaban J connectivity index is 2.13. The van der Waals surface area contributed by atoms with Gasteiger partial charge in [-0.2, -0.15) is 0 Å². The van der Waals surface area contributed by atoms with Gasteiger partial charge in [-0.15, -0.1) is 0 Å². The van der Waals surface area contributed by atoms with Gasteiger partial charge < -0.3 is 5.11 Å². The minimum atomic E-state index is -0.639. The summed E-state index contributed by atoms with van der Waals surface area (Å²) in [5.74, 6) is 0.498. The number of likely N-dealkylation sites (tertiary alicyclic amines) is 1. The predicted octanol–water partition coefficient (Wildman–Crippen LogP) is 0.411. The van der Waals surface area contributed by atoms with E-state index in [1.54, 1.807) is 0 Å². The first kappa shape index (κ1) is 7.10. The first-order valence-corrected chi connectivity index (χ1v) is 4.13. The van der Waals surface area contributed by atoms with Crippen LogP contribution >= 0.6 is 0 Å². The van der Waals surface area contributed by atoms with Gasteiger partial charge in [0.1, 0.15) is 6.04 Å². The van der Waals surface area contributed by atoms with Gasteiger partial charge in [0.05, 0.1) is 0 Å². The zero-order chi connectivity index (χ0) is 8.01. The van der Waals surface area contributed by atoms with Crippen LogP contribution in [0.15, 0.2) is 0 Å². The summed E-state index contributed by atoms with van der Waals surface area (Å²) in [5, 5.41) is 8.86. The number of likely N-dealkylation sites (N-methyl/N-ethyl adjacent to an activating group) is 1. The first-order valence-electron chi connectivity index (χ1n) is 4.13. The maximum absolute atomic E-state index is 10.8. The Labute approximate surface area is 66.0 Å². The van der Waals surface area contributed by atoms with Gasteiger partial charge in [0.2, 0.25) is 0 Å². The highest BCUT2D eigenvalue weighted by molar-refractivity contribution is 5.74. The molecule has 1 heterocycles. The van der Waals surface area contributed by atoms with Gasteiger partial charge >= 0.3 is 5.97 Å². The molecule has 2 rings (SSSR count). The molecule has 11 heavy (non-hydrogen) atoms. The number of hydrogen-bond acceptors (Lipinski definition) is 2. The van der Waals surface area contributed by atoms with E-state index >= 15 is 0 Å². The first-order chi connectivity index (χ1) is 5.20. The smallest absolute Gasteiger partial charge is 0.321 e. The number of fused-ring (bicyclic) bond motifs is 1. The lowest BCUT2D eigenvalue weighted by Crippen LogP contribution is -2.39. The molecule has 3 heteroatoms. The van der Waals surface area contributed by atoms with E-state index in [0.717, 1.165) is 13.0 Å². The van der Waals surface area contributed by atoms with E-state index in [-0.39, 0.29) is 6.04 Å². The highest BCUT2D eigenvalue weighted by atomic mass is 16.4. The van der Waals surface area contributed by atoms with Crippen LogP contribution in [-0.4, -0.2) is 35.6 Å². The molecule has 2 aliphatic rings. The lowest BCUT2D eigenvalue weighted by atomic mass is 9.73. The van der Waals surface area contributed by atoms with E-state index in [1.807, 2.05) is 11.9 Å². The van der Waals surface area contributed by atoms with Crippen molar-refractivity contribution in [2.75, 3.05) is 13.6 Å². The van der Waals surface area contributed by atoms with Crippen LogP contribution in [0.3, 0.4) is 0 Å². The monoisotopic (exact) mass is 155 g/mol. The van der Waals surface area contributed by atoms with Crippen LogP contribution in [0.2, 0.25) is 0 Å². The minimum absolute atomic E-state index is 0.186. The third-order valence-electron chi connectivity index (χ3n) is 3.13. The summed E-state index contributed by atoms with van der Waals surface area (Å²) in [4.78, 5) is 12.7. The summed E-state index contributed by atoms with van der Waals surface area (Å²) in [6.45, 7) is 0.988. The van der Waals surface area contributed by atoms with Crippen LogP contribution in [-0.2, 0) is 4.79 Å². The molecule has 2 fully saturated rings. The van der Waals surface area contributed by atoms with Crippen LogP contribution in [0.4, 0.5) is 0 Å². The average Bonchev–Trinajstić information content (AvgIpc) is 2.10. The summed E-state index contributed by atoms with van der Waals surface area (Å²) in [7, 11) is 1.91. The van der Waals surface area contributed by atoms with E-state index in [9.17, 15) is 4.79 Å². The number of nitrogens with zero attached hydrogens (tertiary/aromatic N) is 1. The largest absolute Gasteiger partial charge is 0.480 e. The van der Waals surface area contributed by atoms with Crippen molar-refractivity contribution in [1.82, 2.24) is 4.90 Å². The number of carboxylic acid groups (broad SMARTS) is 1. The van der Waals surface area contributed by atoms with Crippen LogP contribution in [0.1, 0.15) is 12.8 Å². The Morgan fingerprint density at radius 3 is 2.55 bits per heavy atom. The summed E-state index contributed by atoms with van der Waals surface area (Å²) in [6.07, 6.45) is 2.35. The van der Waals surface area contributed by atoms with Gasteiger partial charge in [-0.3, -0.25) is 9.69 Å². The Hall–Kier alpha value is -0.570. The summed E-state index contributed by atoms with van der Waals surface area (Å²) >= 11 is 0. The standard InChI is InChI=1S/C8H13NO2/c1-9-4-5-2-3-6(5)7(9)8(10)11/h5-7H,2-4H2,1H3,(H,10,11)/t5-,6-,7-/m0/s1. The van der Waals surface area contributed by atoms with Crippen molar-refractivity contribution >= 4 is 5.97 Å². The highest BCUT2D eigenvalue weighted by Crippen LogP contribution is 2.44. The SMILES string of the molecule is CN1C[C@@H]2CC[C@@H]2[C@H]1C(=O)O. The van der Waals surface area contributed by atoms with Crippen molar-refractivity contribution in [3.8, 4) is 0 Å². The van der Waals surface area contributed by atoms with Gasteiger partial charge in [-0.1, -0.05) is 0 Å². The molecule has 1 N–H and O–H groups in total. The Morgan fingerprint density at radius 1 is 1.55 bits per heavy atom. The number of rotatable bonds is 1. The van der Waals surface area contributed by atoms with Crippen LogP contribution < -0.4 is 0 Å². The minimum Gasteiger partial charge on any atom is -0.480 e. The molecule has 0 aromatic heterocycles. The highest BCUT2D eigenvalue weighted by Gasteiger charge is 2.48. The fraction of sp³-hybridized carbons (Fsp3) is 0.875. The lowest BCUT2D eigenvalue weighted by Gasteiger charge is -2.31. The molecule has 0 amide bonds. The molecular formula is C8H13NO2. The molecule has 3 atom stereocenters. The predicted molar refractivity (Wildman–Crippen MR) is 40.3 cm³/mol. The second-order valence-corrected chi connectivity index (χ2v) is 3.72. The molecule has 0 unspecified atom stereocenters. The van der Waals surface area contributed by atoms with Gasteiger partial charge in [0.15, 0.2) is 0 Å². The topological polar surface area (TPSA) is 40.5 Å². The third kappa shape index (κ3) is 0.872. The quantitative estimate of drug-likeness (QED) is 0.596. The van der Waals surface area contributed by atoms with Crippen molar-refractivity contribution in [2.24, 2.45) is 11.8 Å². The average molecular weight is 155 g/mol. The van der Waals surface area contributed by atoms with E-state index < -0.39 is 5.97 Å². The van der Waals surface area contributed by atoms with E-state index in [0.29, 0.717) is 11.8 Å². The van der Waals surface area contributed by atoms with Gasteiger partial charge in [-0.05, 0) is 31.7 Å². The fourth-order valence-electron chi connectivity index (χ4n) is 2.42. The van der Waals surface area contributed by atoms with Crippen LogP contribution in [0.5, 0.6) is 0 Å². The van der Waals surface area contributed by atoms with E-state index in [1.165, 1.54) is 6.42 Å². The van der Waals surface area contributed by atoms with Crippen molar-refractivity contribution < 1.29 is 9.90 Å². The fourth-order valence-corrected chi connectivity index (χ4v) is 2.42. The Morgan fingerprint density at radius 2 is 2.27 bits per heavy atom. The van der Waals surface area contributed by atoms with E-state index in [4.69, 9.17) is 5.11 Å². The molecule has 62 valence electrons. The molecule has 1 saturated heterocycles. The molecule has 1 saturated carbocycles. The molecule has 0 radical (unpaired) electrons. The number of carboxylic acids is 1. The maximum atomic E-state index is 10.8. The normalized spacial score (nSPS) is 43.2. The van der Waals surface area contributed by atoms with E-state index in [2.05, 4.69) is 0 Å². The molecule has 1 aliphatic heterocycles. The molecule has 3 nitrogen and oxygen atoms in total. The second-order valence-electron chi connectivity index (χ2n) is 3.72. The third-order valence-corrected chi connectivity index (χ3v) is 3.13. The second kappa shape index (κ2) is 2.21. The molecule has 0 aromatic rings. The lowest BCUT2D eigenvalue weighted by molar-refractivity contribution is -0.143. The number of carbonyl (C=O) groups is 1. The molecular weight excluding hydrogens is 142 g/mol. The Kier molecular flexibility index (Phi) is 1.42. The van der Waals surface area contributed by atoms with Crippen molar-refractivity contribution in [1.29, 1.82) is 0 Å². The maximum Gasteiger partial charge on any atom is 0.321 e. The summed E-state index contributed by atoms with van der Waals surface area (Å²) in [6, 6.07) is -0.186. The molecule has 0 aromatic carbocycles. The van der Waals surface area contributed by atoms with Crippen molar-refractivity contribution in [3.05, 3.63) is 0 Å². The molecule has 0 spiro atoms. The Bertz CT molecular complexity index is 193. The molecule has 0 bridgehead atoms. The van der Waals surface area contributed by atoms with Crippen LogP contribution in [0.25, 0.3) is 0 Å². The zero-order valence-electron chi connectivity index (χ0n) is 6.66. The zero-order valence-corrected chi connectivity index (χ0v) is 6.66. The van der Waals surface area contributed by atoms with Gasteiger partial charge in [0, 0.05) is 6.54 Å². The van der Waals surface area contributed by atoms with Gasteiger partial charge in [-0.25, -0.2) is 0 Å². The van der Waals surface area contributed by atoms with Crippen molar-refractivity contribution in [2.45, 2.75) is 18.9 Å². The molecule has 1 aliphatic carbocycles. The summed E-state index contributed by atoms with van der Waals surface area (Å²) < 4.78 is 0. The number of hydrogen-bond donors (Lipinski definition) is 1. The summed E-state index contributed by atoms with van der Waals surface area (Å²) in [5.41, 5.74) is 0. The van der Waals surface area contributed by atoms with Crippen molar-refractivity contribution in [3.63, 3.8) is 0 Å². The van der Waals surface area contributed by atoms with Crippen LogP contribution in [0, 0.1) is 11.8 Å². The number of aliphatic carboxylic acids is 1. The van der Waals surface area contributed by atoms with Gasteiger partial charge in [0.25, 0.3) is 0 Å².